The van der Waals surface area contributed by atoms with Crippen molar-refractivity contribution in [2.24, 2.45) is 0 Å². The van der Waals surface area contributed by atoms with Gasteiger partial charge in [0.25, 0.3) is 0 Å². The first-order chi connectivity index (χ1) is 8.45. The molecule has 0 saturated heterocycles. The van der Waals surface area contributed by atoms with Gasteiger partial charge >= 0.3 is 0 Å². The summed E-state index contributed by atoms with van der Waals surface area (Å²) in [7, 11) is 4.19. The molecular formula is C15H25FN2. The van der Waals surface area contributed by atoms with E-state index in [0.29, 0.717) is 0 Å². The number of nitrogens with one attached hydrogen (secondary N) is 1. The highest BCUT2D eigenvalue weighted by Crippen LogP contribution is 2.32. The molecular weight excluding hydrogens is 227 g/mol. The number of hydrogen-bond acceptors (Lipinski definition) is 2. The second-order valence-corrected chi connectivity index (χ2v) is 5.15. The number of benzene rings is 1. The van der Waals surface area contributed by atoms with E-state index in [1.165, 1.54) is 12.1 Å². The quantitative estimate of drug-likeness (QED) is 0.836. The van der Waals surface area contributed by atoms with Crippen LogP contribution >= 0.6 is 0 Å². The second-order valence-electron chi connectivity index (χ2n) is 5.15. The first-order valence-electron chi connectivity index (χ1n) is 6.62. The van der Waals surface area contributed by atoms with E-state index in [-0.39, 0.29) is 17.4 Å². The molecule has 0 radical (unpaired) electrons. The third-order valence-electron chi connectivity index (χ3n) is 3.97. The van der Waals surface area contributed by atoms with Crippen LogP contribution in [-0.2, 0) is 0 Å². The number of likely N-dealkylation sites (N-methyl/N-ethyl adjacent to an activating group) is 2. The maximum absolute atomic E-state index is 13.0. The van der Waals surface area contributed by atoms with E-state index in [4.69, 9.17) is 0 Å². The monoisotopic (exact) mass is 252 g/mol. The van der Waals surface area contributed by atoms with E-state index in [0.717, 1.165) is 18.5 Å². The Bertz CT molecular complexity index is 361. The summed E-state index contributed by atoms with van der Waals surface area (Å²) in [4.78, 5) is 2.24. The SMILES string of the molecule is CCNC(c1ccc(F)cc1)C(C)(CC)N(C)C. The van der Waals surface area contributed by atoms with Crippen LogP contribution in [0.3, 0.4) is 0 Å². The van der Waals surface area contributed by atoms with Crippen molar-refractivity contribution in [1.29, 1.82) is 0 Å². The summed E-state index contributed by atoms with van der Waals surface area (Å²) in [6, 6.07) is 7.01. The Morgan fingerprint density at radius 3 is 2.17 bits per heavy atom. The maximum atomic E-state index is 13.0. The Hall–Kier alpha value is -0.930. The van der Waals surface area contributed by atoms with Gasteiger partial charge in [-0.1, -0.05) is 26.0 Å². The minimum Gasteiger partial charge on any atom is -0.309 e. The zero-order valence-corrected chi connectivity index (χ0v) is 12.1. The summed E-state index contributed by atoms with van der Waals surface area (Å²) in [5, 5.41) is 3.53. The van der Waals surface area contributed by atoms with Gasteiger partial charge in [0.15, 0.2) is 0 Å². The van der Waals surface area contributed by atoms with E-state index in [2.05, 4.69) is 45.1 Å². The predicted molar refractivity (Wildman–Crippen MR) is 75.2 cm³/mol. The third-order valence-corrected chi connectivity index (χ3v) is 3.97. The average Bonchev–Trinajstić information content (AvgIpc) is 2.36. The van der Waals surface area contributed by atoms with E-state index in [1.54, 1.807) is 0 Å². The summed E-state index contributed by atoms with van der Waals surface area (Å²) >= 11 is 0. The largest absolute Gasteiger partial charge is 0.309 e. The maximum Gasteiger partial charge on any atom is 0.123 e. The van der Waals surface area contributed by atoms with Crippen molar-refractivity contribution < 1.29 is 4.39 Å². The fourth-order valence-corrected chi connectivity index (χ4v) is 2.33. The van der Waals surface area contributed by atoms with Crippen LogP contribution in [0.5, 0.6) is 0 Å². The number of halogens is 1. The minimum atomic E-state index is -0.183. The van der Waals surface area contributed by atoms with Crippen molar-refractivity contribution in [3.8, 4) is 0 Å². The van der Waals surface area contributed by atoms with Crippen LogP contribution < -0.4 is 5.32 Å². The summed E-state index contributed by atoms with van der Waals surface area (Å²) in [5.41, 5.74) is 1.14. The van der Waals surface area contributed by atoms with Gasteiger partial charge in [0, 0.05) is 5.54 Å². The molecule has 2 unspecified atom stereocenters. The Balaban J connectivity index is 3.12. The van der Waals surface area contributed by atoms with Crippen LogP contribution in [0.15, 0.2) is 24.3 Å². The topological polar surface area (TPSA) is 15.3 Å². The molecule has 102 valence electrons. The normalized spacial score (nSPS) is 16.6. The zero-order valence-electron chi connectivity index (χ0n) is 12.1. The van der Waals surface area contributed by atoms with Crippen molar-refractivity contribution in [2.45, 2.75) is 38.8 Å². The van der Waals surface area contributed by atoms with Crippen LogP contribution in [0.2, 0.25) is 0 Å². The summed E-state index contributed by atoms with van der Waals surface area (Å²) in [6.07, 6.45) is 1.02. The lowest BCUT2D eigenvalue weighted by molar-refractivity contribution is 0.113. The van der Waals surface area contributed by atoms with Crippen molar-refractivity contribution in [3.05, 3.63) is 35.6 Å². The van der Waals surface area contributed by atoms with Crippen LogP contribution in [0, 0.1) is 5.82 Å². The molecule has 0 fully saturated rings. The van der Waals surface area contributed by atoms with Gasteiger partial charge in [-0.3, -0.25) is 0 Å². The molecule has 1 rings (SSSR count). The van der Waals surface area contributed by atoms with E-state index in [9.17, 15) is 4.39 Å². The van der Waals surface area contributed by atoms with Gasteiger partial charge in [0.2, 0.25) is 0 Å². The molecule has 18 heavy (non-hydrogen) atoms. The Morgan fingerprint density at radius 2 is 1.78 bits per heavy atom. The van der Waals surface area contributed by atoms with Gasteiger partial charge in [-0.25, -0.2) is 4.39 Å². The lowest BCUT2D eigenvalue weighted by Crippen LogP contribution is -2.51. The molecule has 1 N–H and O–H groups in total. The highest BCUT2D eigenvalue weighted by molar-refractivity contribution is 5.23. The summed E-state index contributed by atoms with van der Waals surface area (Å²) < 4.78 is 13.0. The van der Waals surface area contributed by atoms with Gasteiger partial charge in [0.1, 0.15) is 5.82 Å². The first kappa shape index (κ1) is 15.1. The highest BCUT2D eigenvalue weighted by Gasteiger charge is 2.35. The Morgan fingerprint density at radius 1 is 1.22 bits per heavy atom. The van der Waals surface area contributed by atoms with Crippen molar-refractivity contribution >= 4 is 0 Å². The van der Waals surface area contributed by atoms with Gasteiger partial charge in [-0.15, -0.1) is 0 Å². The molecule has 3 heteroatoms. The Labute approximate surface area is 110 Å². The molecule has 1 aromatic rings. The molecule has 0 spiro atoms. The fourth-order valence-electron chi connectivity index (χ4n) is 2.33. The van der Waals surface area contributed by atoms with Gasteiger partial charge in [0.05, 0.1) is 6.04 Å². The van der Waals surface area contributed by atoms with Crippen LogP contribution in [0.25, 0.3) is 0 Å². The molecule has 0 aromatic heterocycles. The van der Waals surface area contributed by atoms with E-state index in [1.807, 2.05) is 12.1 Å². The summed E-state index contributed by atoms with van der Waals surface area (Å²) in [6.45, 7) is 7.42. The zero-order chi connectivity index (χ0) is 13.8. The number of hydrogen-bond donors (Lipinski definition) is 1. The molecule has 0 aliphatic rings. The van der Waals surface area contributed by atoms with Crippen LogP contribution in [-0.4, -0.2) is 31.1 Å². The van der Waals surface area contributed by atoms with Gasteiger partial charge < -0.3 is 10.2 Å². The van der Waals surface area contributed by atoms with E-state index < -0.39 is 0 Å². The third kappa shape index (κ3) is 3.09. The first-order valence-corrected chi connectivity index (χ1v) is 6.62. The molecule has 1 aromatic carbocycles. The lowest BCUT2D eigenvalue weighted by atomic mass is 9.83. The standard InChI is InChI=1S/C15H25FN2/c1-6-15(3,18(4)5)14(17-7-2)12-8-10-13(16)11-9-12/h8-11,14,17H,6-7H2,1-5H3. The smallest absolute Gasteiger partial charge is 0.123 e. The van der Waals surface area contributed by atoms with Gasteiger partial charge in [-0.2, -0.15) is 0 Å². The molecule has 0 aliphatic carbocycles. The number of nitrogens with zero attached hydrogens (tertiary/aromatic N) is 1. The van der Waals surface area contributed by atoms with Crippen molar-refractivity contribution in [1.82, 2.24) is 10.2 Å². The highest BCUT2D eigenvalue weighted by atomic mass is 19.1. The molecule has 2 nitrogen and oxygen atoms in total. The Kier molecular flexibility index (Phi) is 5.29. The lowest BCUT2D eigenvalue weighted by Gasteiger charge is -2.43. The molecule has 0 saturated carbocycles. The molecule has 0 heterocycles. The fraction of sp³-hybridized carbons (Fsp3) is 0.600. The predicted octanol–water partition coefficient (Wildman–Crippen LogP) is 3.21. The average molecular weight is 252 g/mol. The minimum absolute atomic E-state index is 0.00778. The molecule has 2 atom stereocenters. The van der Waals surface area contributed by atoms with Crippen LogP contribution in [0.1, 0.15) is 38.8 Å². The van der Waals surface area contributed by atoms with Crippen molar-refractivity contribution in [2.75, 3.05) is 20.6 Å². The molecule has 0 amide bonds. The second kappa shape index (κ2) is 6.30. The van der Waals surface area contributed by atoms with Crippen LogP contribution in [0.4, 0.5) is 4.39 Å². The summed E-state index contributed by atoms with van der Waals surface area (Å²) in [5.74, 6) is -0.183. The van der Waals surface area contributed by atoms with Crippen molar-refractivity contribution in [3.63, 3.8) is 0 Å². The molecule has 0 bridgehead atoms. The molecule has 0 aliphatic heterocycles. The van der Waals surface area contributed by atoms with Gasteiger partial charge in [-0.05, 0) is 51.7 Å². The number of rotatable bonds is 6. The van der Waals surface area contributed by atoms with E-state index >= 15 is 0 Å².